The molecule has 1 aromatic heterocycles. The smallest absolute Gasteiger partial charge is 0.336 e. The van der Waals surface area contributed by atoms with Crippen LogP contribution in [0.4, 0.5) is 11.6 Å². The quantitative estimate of drug-likeness (QED) is 0.138. The Morgan fingerprint density at radius 2 is 1.61 bits per heavy atom. The normalized spacial score (nSPS) is 11.2. The average Bonchev–Trinajstić information content (AvgIpc) is 3.37. The van der Waals surface area contributed by atoms with Gasteiger partial charge < -0.3 is 31.2 Å². The van der Waals surface area contributed by atoms with Crippen LogP contribution in [0.3, 0.4) is 0 Å². The summed E-state index contributed by atoms with van der Waals surface area (Å²) in [5, 5.41) is 15.9. The Hall–Kier alpha value is -5.64. The number of aromatic nitrogens is 2. The van der Waals surface area contributed by atoms with Crippen molar-refractivity contribution >= 4 is 40.5 Å². The second kappa shape index (κ2) is 12.3. The van der Waals surface area contributed by atoms with Crippen LogP contribution in [-0.4, -0.2) is 39.4 Å². The van der Waals surface area contributed by atoms with Crippen molar-refractivity contribution in [2.75, 3.05) is 17.6 Å². The lowest BCUT2D eigenvalue weighted by molar-refractivity contribution is 0.0697. The fourth-order valence-electron chi connectivity index (χ4n) is 4.63. The lowest BCUT2D eigenvalue weighted by Crippen LogP contribution is -2.32. The van der Waals surface area contributed by atoms with Gasteiger partial charge in [-0.2, -0.15) is 0 Å². The minimum Gasteiger partial charge on any atom is -0.489 e. The van der Waals surface area contributed by atoms with Crippen LogP contribution < -0.4 is 21.1 Å². The fourth-order valence-corrected chi connectivity index (χ4v) is 4.63. The Kier molecular flexibility index (Phi) is 8.34. The maximum absolute atomic E-state index is 13.8. The lowest BCUT2D eigenvalue weighted by Gasteiger charge is -2.19. The number of anilines is 2. The molecule has 5 aromatic rings. The van der Waals surface area contributed by atoms with Gasteiger partial charge in [-0.1, -0.05) is 57.2 Å². The van der Waals surface area contributed by atoms with Crippen molar-refractivity contribution in [2.24, 2.45) is 5.41 Å². The Morgan fingerprint density at radius 3 is 2.34 bits per heavy atom. The number of aromatic amines is 1. The van der Waals surface area contributed by atoms with E-state index in [0.717, 1.165) is 5.56 Å². The van der Waals surface area contributed by atoms with Crippen LogP contribution in [0.25, 0.3) is 22.2 Å². The van der Waals surface area contributed by atoms with Gasteiger partial charge in [-0.3, -0.25) is 9.59 Å². The van der Waals surface area contributed by atoms with Gasteiger partial charge in [0.15, 0.2) is 5.95 Å². The Labute approximate surface area is 254 Å². The Balaban J connectivity index is 1.52. The number of carboxylic acid groups (broad SMARTS) is 1. The van der Waals surface area contributed by atoms with Crippen molar-refractivity contribution in [1.82, 2.24) is 15.3 Å². The second-order valence-electron chi connectivity index (χ2n) is 11.6. The molecule has 0 aliphatic rings. The number of imidazole rings is 1. The van der Waals surface area contributed by atoms with Crippen molar-refractivity contribution in [3.8, 4) is 16.9 Å². The molecule has 0 saturated carbocycles. The van der Waals surface area contributed by atoms with E-state index in [1.54, 1.807) is 48.5 Å². The summed E-state index contributed by atoms with van der Waals surface area (Å²) >= 11 is 0. The maximum atomic E-state index is 13.8. The van der Waals surface area contributed by atoms with Crippen molar-refractivity contribution < 1.29 is 24.2 Å². The van der Waals surface area contributed by atoms with Crippen LogP contribution in [-0.2, 0) is 6.61 Å². The SMILES string of the molecule is CC(C)(C)CNC(=O)c1ccc(-c2ccc(OCc3ccccc3)cc2C(=O)Nc2ccc3nc(N)[nH]c3c2)c(C(=O)O)c1. The van der Waals surface area contributed by atoms with Crippen LogP contribution in [0, 0.1) is 5.41 Å². The molecule has 0 aliphatic carbocycles. The first-order valence-corrected chi connectivity index (χ1v) is 14.0. The molecule has 5 rings (SSSR count). The van der Waals surface area contributed by atoms with Gasteiger partial charge in [-0.05, 0) is 70.6 Å². The van der Waals surface area contributed by atoms with Gasteiger partial charge >= 0.3 is 5.97 Å². The number of aromatic carboxylic acids is 1. The third-order valence-electron chi connectivity index (χ3n) is 6.82. The van der Waals surface area contributed by atoms with E-state index in [1.807, 2.05) is 51.1 Å². The summed E-state index contributed by atoms with van der Waals surface area (Å²) in [5.41, 5.74) is 9.26. The fraction of sp³-hybridized carbons (Fsp3) is 0.176. The molecule has 2 amide bonds. The van der Waals surface area contributed by atoms with E-state index in [9.17, 15) is 19.5 Å². The standard InChI is InChI=1S/C34H33N5O5/c1-34(2,3)19-36-30(40)21-9-12-25(27(15-21)32(42)43)24-13-11-23(44-18-20-7-5-4-6-8-20)17-26(24)31(41)37-22-10-14-28-29(16-22)39-33(35)38-28/h4-17H,18-19H2,1-3H3,(H,36,40)(H,37,41)(H,42,43)(H3,35,38,39). The number of rotatable bonds is 9. The molecule has 0 spiro atoms. The molecule has 0 aliphatic heterocycles. The van der Waals surface area contributed by atoms with Gasteiger partial charge in [0.1, 0.15) is 12.4 Å². The molecule has 0 unspecified atom stereocenters. The minimum atomic E-state index is -1.23. The summed E-state index contributed by atoms with van der Waals surface area (Å²) in [6.07, 6.45) is 0. The van der Waals surface area contributed by atoms with E-state index in [1.165, 1.54) is 6.07 Å². The minimum absolute atomic E-state index is 0.116. The number of nitrogens with one attached hydrogen (secondary N) is 3. The van der Waals surface area contributed by atoms with Crippen LogP contribution >= 0.6 is 0 Å². The maximum Gasteiger partial charge on any atom is 0.336 e. The highest BCUT2D eigenvalue weighted by Gasteiger charge is 2.22. The molecule has 1 heterocycles. The average molecular weight is 592 g/mol. The zero-order valence-corrected chi connectivity index (χ0v) is 24.6. The highest BCUT2D eigenvalue weighted by Crippen LogP contribution is 2.32. The number of carboxylic acids is 1. The molecule has 10 heteroatoms. The number of nitrogens with two attached hydrogens (primary N) is 1. The number of carbonyl (C=O) groups is 3. The van der Waals surface area contributed by atoms with Crippen molar-refractivity contribution in [2.45, 2.75) is 27.4 Å². The van der Waals surface area contributed by atoms with E-state index in [4.69, 9.17) is 10.5 Å². The number of hydrogen-bond donors (Lipinski definition) is 5. The van der Waals surface area contributed by atoms with Crippen LogP contribution in [0.15, 0.2) is 84.9 Å². The molecular formula is C34H33N5O5. The van der Waals surface area contributed by atoms with E-state index >= 15 is 0 Å². The molecule has 0 radical (unpaired) electrons. The highest BCUT2D eigenvalue weighted by molar-refractivity contribution is 6.11. The number of nitrogens with zero attached hydrogens (tertiary/aromatic N) is 1. The van der Waals surface area contributed by atoms with Crippen LogP contribution in [0.5, 0.6) is 5.75 Å². The van der Waals surface area contributed by atoms with E-state index < -0.39 is 11.9 Å². The molecule has 44 heavy (non-hydrogen) atoms. The largest absolute Gasteiger partial charge is 0.489 e. The van der Waals surface area contributed by atoms with Crippen molar-refractivity contribution in [1.29, 1.82) is 0 Å². The number of ether oxygens (including phenoxy) is 1. The van der Waals surface area contributed by atoms with Gasteiger partial charge in [0.25, 0.3) is 11.8 Å². The third-order valence-corrected chi connectivity index (χ3v) is 6.82. The topological polar surface area (TPSA) is 159 Å². The van der Waals surface area contributed by atoms with Gasteiger partial charge in [-0.25, -0.2) is 9.78 Å². The molecule has 4 aromatic carbocycles. The summed E-state index contributed by atoms with van der Waals surface area (Å²) in [6, 6.07) is 24.1. The van der Waals surface area contributed by atoms with Crippen LogP contribution in [0.1, 0.15) is 57.4 Å². The Morgan fingerprint density at radius 1 is 0.886 bits per heavy atom. The highest BCUT2D eigenvalue weighted by atomic mass is 16.5. The number of benzene rings is 4. The van der Waals surface area contributed by atoms with Crippen LogP contribution in [0.2, 0.25) is 0 Å². The molecular weight excluding hydrogens is 558 g/mol. The van der Waals surface area contributed by atoms with E-state index in [0.29, 0.717) is 34.6 Å². The second-order valence-corrected chi connectivity index (χ2v) is 11.6. The number of hydrogen-bond acceptors (Lipinski definition) is 6. The number of amides is 2. The number of nitrogen functional groups attached to an aromatic ring is 1. The molecule has 224 valence electrons. The Bertz CT molecular complexity index is 1860. The summed E-state index contributed by atoms with van der Waals surface area (Å²) in [6.45, 7) is 6.66. The number of fused-ring (bicyclic) bond motifs is 1. The summed E-state index contributed by atoms with van der Waals surface area (Å²) in [5.74, 6) is -1.42. The van der Waals surface area contributed by atoms with Gasteiger partial charge in [0, 0.05) is 17.8 Å². The summed E-state index contributed by atoms with van der Waals surface area (Å²) in [4.78, 5) is 46.2. The van der Waals surface area contributed by atoms with Gasteiger partial charge in [-0.15, -0.1) is 0 Å². The van der Waals surface area contributed by atoms with Gasteiger partial charge in [0.05, 0.1) is 22.2 Å². The van der Waals surface area contributed by atoms with Crippen molar-refractivity contribution in [3.05, 3.63) is 107 Å². The predicted octanol–water partition coefficient (Wildman–Crippen LogP) is 6.12. The molecule has 10 nitrogen and oxygen atoms in total. The predicted molar refractivity (Wildman–Crippen MR) is 170 cm³/mol. The van der Waals surface area contributed by atoms with Crippen molar-refractivity contribution in [3.63, 3.8) is 0 Å². The van der Waals surface area contributed by atoms with Gasteiger partial charge in [0.2, 0.25) is 0 Å². The summed E-state index contributed by atoms with van der Waals surface area (Å²) in [7, 11) is 0. The zero-order chi connectivity index (χ0) is 31.4. The molecule has 0 atom stereocenters. The van der Waals surface area contributed by atoms with E-state index in [-0.39, 0.29) is 46.1 Å². The third kappa shape index (κ3) is 7.04. The first-order chi connectivity index (χ1) is 21.0. The lowest BCUT2D eigenvalue weighted by atomic mass is 9.92. The van der Waals surface area contributed by atoms with E-state index in [2.05, 4.69) is 20.6 Å². The monoisotopic (exact) mass is 591 g/mol. The molecule has 0 saturated heterocycles. The zero-order valence-electron chi connectivity index (χ0n) is 24.6. The summed E-state index contributed by atoms with van der Waals surface area (Å²) < 4.78 is 5.99. The first-order valence-electron chi connectivity index (χ1n) is 14.0. The molecule has 0 bridgehead atoms. The molecule has 6 N–H and O–H groups in total. The number of carbonyl (C=O) groups excluding carboxylic acids is 2. The first kappa shape index (κ1) is 29.8. The number of H-pyrrole nitrogens is 1. The molecule has 0 fully saturated rings.